The van der Waals surface area contributed by atoms with Crippen molar-refractivity contribution in [2.45, 2.75) is 33.6 Å². The van der Waals surface area contributed by atoms with Crippen molar-refractivity contribution < 1.29 is 4.79 Å². The van der Waals surface area contributed by atoms with Crippen molar-refractivity contribution in [3.8, 4) is 6.07 Å². The number of nitrogens with zero attached hydrogens (tertiary/aromatic N) is 2. The minimum atomic E-state index is 0.0200. The highest BCUT2D eigenvalue weighted by Crippen LogP contribution is 2.10. The van der Waals surface area contributed by atoms with E-state index < -0.39 is 0 Å². The summed E-state index contributed by atoms with van der Waals surface area (Å²) < 4.78 is 0. The molecule has 0 saturated heterocycles. The Kier molecular flexibility index (Phi) is 6.08. The zero-order valence-corrected chi connectivity index (χ0v) is 12.0. The highest BCUT2D eigenvalue weighted by Gasteiger charge is 2.16. The normalized spacial score (nSPS) is 10.3. The summed E-state index contributed by atoms with van der Waals surface area (Å²) in [7, 11) is 0. The molecule has 1 amide bonds. The Morgan fingerprint density at radius 3 is 2.42 bits per heavy atom. The van der Waals surface area contributed by atoms with Crippen LogP contribution in [-0.4, -0.2) is 23.9 Å². The zero-order valence-electron chi connectivity index (χ0n) is 12.0. The lowest BCUT2D eigenvalue weighted by Crippen LogP contribution is -2.35. The summed E-state index contributed by atoms with van der Waals surface area (Å²) in [5, 5.41) is 8.68. The van der Waals surface area contributed by atoms with Crippen LogP contribution in [0.1, 0.15) is 43.1 Å². The molecule has 102 valence electrons. The lowest BCUT2D eigenvalue weighted by atomic mass is 10.1. The molecule has 19 heavy (non-hydrogen) atoms. The zero-order chi connectivity index (χ0) is 14.3. The van der Waals surface area contributed by atoms with Crippen molar-refractivity contribution >= 4 is 5.91 Å². The van der Waals surface area contributed by atoms with Gasteiger partial charge in [0.05, 0.1) is 12.5 Å². The van der Waals surface area contributed by atoms with Crippen LogP contribution >= 0.6 is 0 Å². The molecular formula is C16H22N2O. The van der Waals surface area contributed by atoms with Gasteiger partial charge in [-0.3, -0.25) is 4.79 Å². The number of amides is 1. The maximum Gasteiger partial charge on any atom is 0.253 e. The second-order valence-electron chi connectivity index (χ2n) is 5.10. The summed E-state index contributed by atoms with van der Waals surface area (Å²) in [6, 6.07) is 9.84. The molecule has 0 atom stereocenters. The Hall–Kier alpha value is -1.82. The molecule has 0 unspecified atom stereocenters. The fraction of sp³-hybridized carbons (Fsp3) is 0.500. The first kappa shape index (κ1) is 15.2. The third kappa shape index (κ3) is 4.75. The number of carbonyl (C=O) groups excluding carboxylic acids is 1. The van der Waals surface area contributed by atoms with E-state index in [1.54, 1.807) is 4.90 Å². The summed E-state index contributed by atoms with van der Waals surface area (Å²) in [6.45, 7) is 7.44. The molecular weight excluding hydrogens is 236 g/mol. The van der Waals surface area contributed by atoms with Gasteiger partial charge in [-0.15, -0.1) is 0 Å². The van der Waals surface area contributed by atoms with Crippen molar-refractivity contribution in [2.75, 3.05) is 13.1 Å². The fourth-order valence-corrected chi connectivity index (χ4v) is 1.97. The number of hydrogen-bond donors (Lipinski definition) is 0. The lowest BCUT2D eigenvalue weighted by Gasteiger charge is -2.23. The van der Waals surface area contributed by atoms with E-state index in [2.05, 4.69) is 26.8 Å². The molecule has 1 rings (SSSR count). The molecule has 1 aromatic carbocycles. The molecule has 1 aromatic rings. The topological polar surface area (TPSA) is 44.1 Å². The van der Waals surface area contributed by atoms with E-state index in [4.69, 9.17) is 5.26 Å². The van der Waals surface area contributed by atoms with Crippen LogP contribution < -0.4 is 0 Å². The molecule has 0 aliphatic carbocycles. The molecule has 3 heteroatoms. The molecule has 0 spiro atoms. The van der Waals surface area contributed by atoms with Crippen LogP contribution in [0.5, 0.6) is 0 Å². The van der Waals surface area contributed by atoms with E-state index >= 15 is 0 Å². The Balaban J connectivity index is 2.81. The van der Waals surface area contributed by atoms with Gasteiger partial charge in [0, 0.05) is 18.7 Å². The van der Waals surface area contributed by atoms with Gasteiger partial charge in [0.15, 0.2) is 0 Å². The fourth-order valence-electron chi connectivity index (χ4n) is 1.97. The second kappa shape index (κ2) is 7.58. The predicted molar refractivity (Wildman–Crippen MR) is 76.8 cm³/mol. The summed E-state index contributed by atoms with van der Waals surface area (Å²) >= 11 is 0. The number of benzene rings is 1. The number of nitriles is 1. The van der Waals surface area contributed by atoms with Crippen molar-refractivity contribution in [1.82, 2.24) is 4.90 Å². The predicted octanol–water partition coefficient (Wildman–Crippen LogP) is 3.26. The largest absolute Gasteiger partial charge is 0.337 e. The van der Waals surface area contributed by atoms with E-state index in [9.17, 15) is 4.79 Å². The maximum absolute atomic E-state index is 12.4. The minimum absolute atomic E-state index is 0.0200. The van der Waals surface area contributed by atoms with Gasteiger partial charge in [-0.05, 0) is 30.0 Å². The number of rotatable bonds is 6. The van der Waals surface area contributed by atoms with Crippen LogP contribution in [0.2, 0.25) is 0 Å². The van der Waals surface area contributed by atoms with Gasteiger partial charge in [0.1, 0.15) is 0 Å². The first-order valence-corrected chi connectivity index (χ1v) is 6.83. The van der Waals surface area contributed by atoms with Gasteiger partial charge in [-0.2, -0.15) is 5.26 Å². The van der Waals surface area contributed by atoms with Gasteiger partial charge < -0.3 is 4.90 Å². The van der Waals surface area contributed by atoms with Crippen molar-refractivity contribution in [3.63, 3.8) is 0 Å². The second-order valence-corrected chi connectivity index (χ2v) is 5.10. The Labute approximate surface area is 115 Å². The van der Waals surface area contributed by atoms with Gasteiger partial charge in [0.25, 0.3) is 5.91 Å². The smallest absolute Gasteiger partial charge is 0.253 e. The lowest BCUT2D eigenvalue weighted by molar-refractivity contribution is 0.0740. The van der Waals surface area contributed by atoms with Crippen molar-refractivity contribution in [3.05, 3.63) is 35.4 Å². The molecule has 0 aromatic heterocycles. The summed E-state index contributed by atoms with van der Waals surface area (Å²) in [4.78, 5) is 14.2. The van der Waals surface area contributed by atoms with E-state index in [1.807, 2.05) is 24.3 Å². The molecule has 0 radical (unpaired) electrons. The van der Waals surface area contributed by atoms with Crippen LogP contribution in [-0.2, 0) is 6.42 Å². The molecule has 3 nitrogen and oxygen atoms in total. The van der Waals surface area contributed by atoms with E-state index in [-0.39, 0.29) is 5.91 Å². The van der Waals surface area contributed by atoms with Crippen LogP contribution in [0.25, 0.3) is 0 Å². The monoisotopic (exact) mass is 258 g/mol. The van der Waals surface area contributed by atoms with Crippen molar-refractivity contribution in [2.24, 2.45) is 5.92 Å². The molecule has 0 N–H and O–H groups in total. The average Bonchev–Trinajstić information content (AvgIpc) is 2.42. The molecule has 0 heterocycles. The van der Waals surface area contributed by atoms with E-state index in [0.717, 1.165) is 6.42 Å². The molecule has 0 aliphatic rings. The first-order valence-electron chi connectivity index (χ1n) is 6.83. The summed E-state index contributed by atoms with van der Waals surface area (Å²) in [6.07, 6.45) is 1.35. The first-order chi connectivity index (χ1) is 9.08. The summed E-state index contributed by atoms with van der Waals surface area (Å²) in [5.41, 5.74) is 1.93. The number of carbonyl (C=O) groups is 1. The Morgan fingerprint density at radius 2 is 1.95 bits per heavy atom. The quantitative estimate of drug-likeness (QED) is 0.786. The third-order valence-corrected chi connectivity index (χ3v) is 2.98. The van der Waals surface area contributed by atoms with Crippen LogP contribution in [0.4, 0.5) is 0 Å². The SMILES string of the molecule is CCc1ccc(C(=O)N(CCC#N)CC(C)C)cc1. The van der Waals surface area contributed by atoms with Gasteiger partial charge in [-0.25, -0.2) is 0 Å². The number of hydrogen-bond acceptors (Lipinski definition) is 2. The average molecular weight is 258 g/mol. The summed E-state index contributed by atoms with van der Waals surface area (Å²) in [5.74, 6) is 0.421. The van der Waals surface area contributed by atoms with Gasteiger partial charge in [-0.1, -0.05) is 32.9 Å². The van der Waals surface area contributed by atoms with Crippen LogP contribution in [0.3, 0.4) is 0 Å². The molecule has 0 fully saturated rings. The number of aryl methyl sites for hydroxylation is 1. The third-order valence-electron chi connectivity index (χ3n) is 2.98. The highest BCUT2D eigenvalue weighted by atomic mass is 16.2. The highest BCUT2D eigenvalue weighted by molar-refractivity contribution is 5.94. The van der Waals surface area contributed by atoms with Crippen LogP contribution in [0, 0.1) is 17.2 Å². The van der Waals surface area contributed by atoms with Crippen molar-refractivity contribution in [1.29, 1.82) is 5.26 Å². The van der Waals surface area contributed by atoms with E-state index in [1.165, 1.54) is 5.56 Å². The Morgan fingerprint density at radius 1 is 1.32 bits per heavy atom. The van der Waals surface area contributed by atoms with Gasteiger partial charge in [0.2, 0.25) is 0 Å². The standard InChI is InChI=1S/C16H22N2O/c1-4-14-6-8-15(9-7-14)16(19)18(11-5-10-17)12-13(2)3/h6-9,13H,4-5,11-12H2,1-3H3. The van der Waals surface area contributed by atoms with Crippen LogP contribution in [0.15, 0.2) is 24.3 Å². The van der Waals surface area contributed by atoms with Gasteiger partial charge >= 0.3 is 0 Å². The molecule has 0 saturated carbocycles. The Bertz CT molecular complexity index is 443. The molecule has 0 bridgehead atoms. The minimum Gasteiger partial charge on any atom is -0.337 e. The van der Waals surface area contributed by atoms with E-state index in [0.29, 0.717) is 31.0 Å². The maximum atomic E-state index is 12.4. The molecule has 0 aliphatic heterocycles.